The van der Waals surface area contributed by atoms with Gasteiger partial charge in [-0.3, -0.25) is 4.79 Å². The number of hydrogen-bond donors (Lipinski definition) is 2. The molecule has 10 heteroatoms. The van der Waals surface area contributed by atoms with Gasteiger partial charge in [0.15, 0.2) is 0 Å². The number of carbonyl (C=O) groups is 2. The smallest absolute Gasteiger partial charge is 0.324 e. The lowest BCUT2D eigenvalue weighted by Gasteiger charge is -2.27. The number of unbranched alkanes of at least 4 members (excludes halogenated alkanes) is 1. The van der Waals surface area contributed by atoms with Crippen LogP contribution in [0.5, 0.6) is 0 Å². The lowest BCUT2D eigenvalue weighted by molar-refractivity contribution is -0.144. The van der Waals surface area contributed by atoms with Crippen molar-refractivity contribution in [1.29, 1.82) is 0 Å². The molecule has 0 spiro atoms. The van der Waals surface area contributed by atoms with E-state index in [2.05, 4.69) is 20.2 Å². The van der Waals surface area contributed by atoms with Crippen LogP contribution < -0.4 is 11.2 Å². The summed E-state index contributed by atoms with van der Waals surface area (Å²) in [6, 6.07) is 0.337. The second-order valence-corrected chi connectivity index (χ2v) is 6.93. The Morgan fingerprint density at radius 3 is 3.09 bits per heavy atom. The number of thioether (sulfide) groups is 1. The molecule has 0 aliphatic carbocycles. The molecule has 128 valence electrons. The third-order valence-corrected chi connectivity index (χ3v) is 5.68. The summed E-state index contributed by atoms with van der Waals surface area (Å²) in [6.45, 7) is 0.999. The van der Waals surface area contributed by atoms with E-state index in [1.807, 2.05) is 16.7 Å². The van der Waals surface area contributed by atoms with Gasteiger partial charge in [-0.05, 0) is 24.8 Å². The lowest BCUT2D eigenvalue weighted by Crippen LogP contribution is -2.41. The van der Waals surface area contributed by atoms with Crippen molar-refractivity contribution in [3.05, 3.63) is 10.4 Å². The Labute approximate surface area is 138 Å². The van der Waals surface area contributed by atoms with Crippen molar-refractivity contribution in [3.8, 4) is 0 Å². The Balaban J connectivity index is 1.81. The van der Waals surface area contributed by atoms with E-state index in [4.69, 9.17) is 11.4 Å². The minimum absolute atomic E-state index is 0.0297. The highest BCUT2D eigenvalue weighted by molar-refractivity contribution is 8.00. The zero-order chi connectivity index (χ0) is 16.7. The largest absolute Gasteiger partial charge is 0.373 e. The van der Waals surface area contributed by atoms with Crippen LogP contribution in [0.4, 0.5) is 4.79 Å². The standard InChI is InChI=1S/C13H22N6O3S/c14-18-16-6-3-7-19-12-9(17-13(19)21)8-23-10(12)4-1-2-5-11(20)22-15/h9-10,12H,1-8,15H2,(H,17,21)/t9-,10-,12-/m1/s1. The molecule has 0 bridgehead atoms. The number of rotatable bonds is 9. The van der Waals surface area contributed by atoms with Crippen LogP contribution in [0.2, 0.25) is 0 Å². The van der Waals surface area contributed by atoms with Gasteiger partial charge < -0.3 is 15.1 Å². The lowest BCUT2D eigenvalue weighted by atomic mass is 10.0. The summed E-state index contributed by atoms with van der Waals surface area (Å²) >= 11 is 1.87. The van der Waals surface area contributed by atoms with Gasteiger partial charge in [0, 0.05) is 35.4 Å². The predicted molar refractivity (Wildman–Crippen MR) is 86.4 cm³/mol. The number of carbonyl (C=O) groups excluding carboxylic acids is 2. The molecule has 0 aromatic rings. The van der Waals surface area contributed by atoms with Gasteiger partial charge in [0.2, 0.25) is 0 Å². The van der Waals surface area contributed by atoms with Crippen LogP contribution >= 0.6 is 11.8 Å². The molecule has 2 aliphatic heterocycles. The Bertz CT molecular complexity index is 484. The zero-order valence-corrected chi connectivity index (χ0v) is 13.7. The molecule has 0 saturated carbocycles. The molecule has 2 rings (SSSR count). The molecule has 9 nitrogen and oxygen atoms in total. The van der Waals surface area contributed by atoms with E-state index in [0.717, 1.165) is 25.0 Å². The molecule has 0 radical (unpaired) electrons. The molecule has 2 aliphatic rings. The van der Waals surface area contributed by atoms with Crippen molar-refractivity contribution in [1.82, 2.24) is 10.2 Å². The second kappa shape index (κ2) is 8.85. The average molecular weight is 342 g/mol. The Hall–Kier alpha value is -1.64. The Kier molecular flexibility index (Phi) is 6.82. The minimum atomic E-state index is -0.390. The summed E-state index contributed by atoms with van der Waals surface area (Å²) in [7, 11) is 0. The van der Waals surface area contributed by atoms with E-state index < -0.39 is 0 Å². The number of nitrogens with one attached hydrogen (secondary N) is 1. The number of hydrogen-bond acceptors (Lipinski definition) is 6. The topological polar surface area (TPSA) is 133 Å². The normalized spacial score (nSPS) is 25.7. The summed E-state index contributed by atoms with van der Waals surface area (Å²) in [6.07, 6.45) is 3.58. The number of nitrogens with two attached hydrogens (primary N) is 1. The molecular formula is C13H22N6O3S. The first-order valence-electron chi connectivity index (χ1n) is 7.76. The molecule has 2 saturated heterocycles. The van der Waals surface area contributed by atoms with Gasteiger partial charge in [0.25, 0.3) is 0 Å². The average Bonchev–Trinajstić information content (AvgIpc) is 3.07. The maximum atomic E-state index is 12.1. The van der Waals surface area contributed by atoms with Gasteiger partial charge in [0.1, 0.15) is 0 Å². The van der Waals surface area contributed by atoms with Crippen LogP contribution in [-0.2, 0) is 9.63 Å². The number of nitrogens with zero attached hydrogens (tertiary/aromatic N) is 4. The molecule has 2 amide bonds. The number of azide groups is 1. The monoisotopic (exact) mass is 342 g/mol. The fraction of sp³-hybridized carbons (Fsp3) is 0.846. The predicted octanol–water partition coefficient (Wildman–Crippen LogP) is 1.54. The molecule has 3 atom stereocenters. The van der Waals surface area contributed by atoms with Crippen molar-refractivity contribution in [2.75, 3.05) is 18.8 Å². The van der Waals surface area contributed by atoms with Gasteiger partial charge in [-0.2, -0.15) is 17.7 Å². The van der Waals surface area contributed by atoms with Crippen molar-refractivity contribution in [2.45, 2.75) is 49.4 Å². The van der Waals surface area contributed by atoms with E-state index in [1.165, 1.54) is 0 Å². The summed E-state index contributed by atoms with van der Waals surface area (Å²) in [5.41, 5.74) is 8.30. The van der Waals surface area contributed by atoms with E-state index >= 15 is 0 Å². The van der Waals surface area contributed by atoms with Crippen molar-refractivity contribution >= 4 is 23.8 Å². The summed E-state index contributed by atoms with van der Waals surface area (Å²) < 4.78 is 0. The molecule has 0 aromatic heterocycles. The number of fused-ring (bicyclic) bond motifs is 1. The van der Waals surface area contributed by atoms with E-state index in [-0.39, 0.29) is 24.1 Å². The summed E-state index contributed by atoms with van der Waals surface area (Å²) in [5.74, 6) is 5.34. The quantitative estimate of drug-likeness (QED) is 0.164. The highest BCUT2D eigenvalue weighted by Crippen LogP contribution is 2.37. The zero-order valence-electron chi connectivity index (χ0n) is 12.9. The molecule has 2 fully saturated rings. The number of amides is 2. The van der Waals surface area contributed by atoms with Crippen LogP contribution in [0.15, 0.2) is 5.11 Å². The maximum Gasteiger partial charge on any atom is 0.324 e. The van der Waals surface area contributed by atoms with E-state index in [0.29, 0.717) is 31.2 Å². The van der Waals surface area contributed by atoms with Crippen LogP contribution in [0.3, 0.4) is 0 Å². The molecule has 0 aromatic carbocycles. The summed E-state index contributed by atoms with van der Waals surface area (Å²) in [5, 5.41) is 6.91. The fourth-order valence-corrected chi connectivity index (χ4v) is 4.74. The highest BCUT2D eigenvalue weighted by atomic mass is 32.2. The second-order valence-electron chi connectivity index (χ2n) is 5.66. The third-order valence-electron chi connectivity index (χ3n) is 4.18. The molecular weight excluding hydrogens is 320 g/mol. The highest BCUT2D eigenvalue weighted by Gasteiger charge is 2.47. The van der Waals surface area contributed by atoms with Crippen molar-refractivity contribution in [3.63, 3.8) is 0 Å². The van der Waals surface area contributed by atoms with Crippen molar-refractivity contribution in [2.24, 2.45) is 11.0 Å². The Morgan fingerprint density at radius 1 is 1.52 bits per heavy atom. The van der Waals surface area contributed by atoms with Gasteiger partial charge in [0.05, 0.1) is 12.1 Å². The maximum absolute atomic E-state index is 12.1. The minimum Gasteiger partial charge on any atom is -0.373 e. The molecule has 2 heterocycles. The fourth-order valence-electron chi connectivity index (χ4n) is 3.14. The first kappa shape index (κ1) is 17.7. The first-order valence-corrected chi connectivity index (χ1v) is 8.81. The molecule has 3 N–H and O–H groups in total. The summed E-state index contributed by atoms with van der Waals surface area (Å²) in [4.78, 5) is 31.8. The Morgan fingerprint density at radius 2 is 2.35 bits per heavy atom. The first-order chi connectivity index (χ1) is 11.2. The number of urea groups is 1. The van der Waals surface area contributed by atoms with Crippen LogP contribution in [-0.4, -0.2) is 53.1 Å². The van der Waals surface area contributed by atoms with E-state index in [9.17, 15) is 9.59 Å². The van der Waals surface area contributed by atoms with Gasteiger partial charge in [-0.25, -0.2) is 4.79 Å². The molecule has 23 heavy (non-hydrogen) atoms. The van der Waals surface area contributed by atoms with Gasteiger partial charge in [-0.15, -0.1) is 0 Å². The third kappa shape index (κ3) is 4.66. The SMILES string of the molecule is [N-]=[N+]=NCCCN1C(=O)N[C@@H]2CS[C@H](CCCCC(=O)ON)[C@@H]21. The van der Waals surface area contributed by atoms with Crippen molar-refractivity contribution < 1.29 is 14.4 Å². The van der Waals surface area contributed by atoms with E-state index in [1.54, 1.807) is 0 Å². The van der Waals surface area contributed by atoms with Crippen LogP contribution in [0.1, 0.15) is 32.1 Å². The van der Waals surface area contributed by atoms with Gasteiger partial charge in [-0.1, -0.05) is 11.5 Å². The van der Waals surface area contributed by atoms with Crippen LogP contribution in [0, 0.1) is 0 Å². The van der Waals surface area contributed by atoms with Crippen LogP contribution in [0.25, 0.3) is 10.4 Å². The molecule has 0 unspecified atom stereocenters. The van der Waals surface area contributed by atoms with Gasteiger partial charge >= 0.3 is 12.0 Å².